The van der Waals surface area contributed by atoms with Gasteiger partial charge in [0, 0.05) is 19.2 Å². The van der Waals surface area contributed by atoms with Crippen molar-refractivity contribution in [3.8, 4) is 0 Å². The Bertz CT molecular complexity index is 485. The van der Waals surface area contributed by atoms with Gasteiger partial charge < -0.3 is 4.90 Å². The van der Waals surface area contributed by atoms with Gasteiger partial charge >= 0.3 is 0 Å². The van der Waals surface area contributed by atoms with Crippen molar-refractivity contribution in [2.24, 2.45) is 0 Å². The van der Waals surface area contributed by atoms with E-state index >= 15 is 0 Å². The molecule has 0 atom stereocenters. The Balaban J connectivity index is 3.17. The third-order valence-corrected chi connectivity index (χ3v) is 2.52. The Morgan fingerprint density at radius 1 is 1.25 bits per heavy atom. The van der Waals surface area contributed by atoms with Crippen molar-refractivity contribution >= 4 is 5.69 Å². The summed E-state index contributed by atoms with van der Waals surface area (Å²) in [7, 11) is 1.82. The molecule has 88 valence electrons. The first-order valence-electron chi connectivity index (χ1n) is 5.35. The minimum absolute atomic E-state index is 0.274. The Hall–Kier alpha value is -1.38. The summed E-state index contributed by atoms with van der Waals surface area (Å²) in [6, 6.07) is 0. The highest BCUT2D eigenvalue weighted by molar-refractivity contribution is 5.61. The van der Waals surface area contributed by atoms with Crippen LogP contribution in [0.25, 0.3) is 0 Å². The van der Waals surface area contributed by atoms with Crippen LogP contribution in [-0.4, -0.2) is 13.6 Å². The molecule has 0 heterocycles. The van der Waals surface area contributed by atoms with Gasteiger partial charge in [-0.3, -0.25) is 9.59 Å². The van der Waals surface area contributed by atoms with Gasteiger partial charge in [0.15, 0.2) is 0 Å². The Labute approximate surface area is 96.1 Å². The lowest BCUT2D eigenvalue weighted by Gasteiger charge is -2.29. The average molecular weight is 221 g/mol. The summed E-state index contributed by atoms with van der Waals surface area (Å²) in [5.74, 6) is 0. The van der Waals surface area contributed by atoms with E-state index in [4.69, 9.17) is 0 Å². The van der Waals surface area contributed by atoms with E-state index in [1.807, 2.05) is 39.6 Å². The third kappa shape index (κ3) is 2.08. The van der Waals surface area contributed by atoms with Crippen molar-refractivity contribution in [2.75, 3.05) is 18.5 Å². The molecular weight excluding hydrogens is 202 g/mol. The first kappa shape index (κ1) is 12.7. The van der Waals surface area contributed by atoms with Gasteiger partial charge in [-0.05, 0) is 12.3 Å². The SMILES string of the molecule is C=C(C)CN(C)c1c(C(C)(C)C)c(=O)c1=O. The molecule has 0 bridgehead atoms. The molecule has 3 heteroatoms. The highest BCUT2D eigenvalue weighted by atomic mass is 16.2. The van der Waals surface area contributed by atoms with Gasteiger partial charge in [0.25, 0.3) is 0 Å². The van der Waals surface area contributed by atoms with Gasteiger partial charge in [-0.1, -0.05) is 32.9 Å². The van der Waals surface area contributed by atoms with Crippen molar-refractivity contribution < 1.29 is 0 Å². The maximum atomic E-state index is 11.6. The molecule has 0 saturated heterocycles. The summed E-state index contributed by atoms with van der Waals surface area (Å²) in [4.78, 5) is 24.9. The molecular formula is C13H19NO2. The fourth-order valence-electron chi connectivity index (χ4n) is 1.92. The normalized spacial score (nSPS) is 11.8. The van der Waals surface area contributed by atoms with E-state index in [2.05, 4.69) is 6.58 Å². The highest BCUT2D eigenvalue weighted by Gasteiger charge is 2.31. The van der Waals surface area contributed by atoms with Crippen LogP contribution in [0.4, 0.5) is 5.69 Å². The summed E-state index contributed by atoms with van der Waals surface area (Å²) >= 11 is 0. The fraction of sp³-hybridized carbons (Fsp3) is 0.538. The van der Waals surface area contributed by atoms with E-state index in [0.29, 0.717) is 17.8 Å². The van der Waals surface area contributed by atoms with Crippen LogP contribution >= 0.6 is 0 Å². The van der Waals surface area contributed by atoms with Crippen molar-refractivity contribution in [3.63, 3.8) is 0 Å². The van der Waals surface area contributed by atoms with E-state index in [-0.39, 0.29) is 16.3 Å². The lowest BCUT2D eigenvalue weighted by Crippen LogP contribution is -2.46. The second kappa shape index (κ2) is 3.89. The van der Waals surface area contributed by atoms with E-state index < -0.39 is 0 Å². The standard InChI is InChI=1S/C13H19NO2/c1-8(2)7-14(6)10-9(13(3,4)5)11(15)12(10)16/h1,7H2,2-6H3. The lowest BCUT2D eigenvalue weighted by molar-refractivity contribution is 0.576. The van der Waals surface area contributed by atoms with Crippen LogP contribution < -0.4 is 15.8 Å². The molecule has 0 amide bonds. The number of hydrogen-bond donors (Lipinski definition) is 0. The highest BCUT2D eigenvalue weighted by Crippen LogP contribution is 2.27. The summed E-state index contributed by atoms with van der Waals surface area (Å²) < 4.78 is 0. The molecule has 1 rings (SSSR count). The molecule has 0 fully saturated rings. The molecule has 0 radical (unpaired) electrons. The van der Waals surface area contributed by atoms with Crippen molar-refractivity contribution in [3.05, 3.63) is 38.2 Å². The predicted octanol–water partition coefficient (Wildman–Crippen LogP) is 1.59. The van der Waals surface area contributed by atoms with Gasteiger partial charge in [-0.2, -0.15) is 0 Å². The summed E-state index contributed by atoms with van der Waals surface area (Å²) in [5.41, 5.74) is 1.19. The molecule has 0 unspecified atom stereocenters. The molecule has 0 aromatic heterocycles. The zero-order valence-corrected chi connectivity index (χ0v) is 10.7. The van der Waals surface area contributed by atoms with Crippen molar-refractivity contribution in [1.82, 2.24) is 0 Å². The first-order chi connectivity index (χ1) is 7.16. The number of hydrogen-bond acceptors (Lipinski definition) is 3. The minimum atomic E-state index is -0.367. The quantitative estimate of drug-likeness (QED) is 0.574. The van der Waals surface area contributed by atoms with Gasteiger partial charge in [0.2, 0.25) is 10.9 Å². The average Bonchev–Trinajstić information content (AvgIpc) is 2.08. The minimum Gasteiger partial charge on any atom is -0.367 e. The Morgan fingerprint density at radius 3 is 2.12 bits per heavy atom. The van der Waals surface area contributed by atoms with Crippen LogP contribution in [0.1, 0.15) is 33.3 Å². The van der Waals surface area contributed by atoms with Crippen LogP contribution in [0.3, 0.4) is 0 Å². The molecule has 0 aliphatic heterocycles. The van der Waals surface area contributed by atoms with Crippen LogP contribution in [0.2, 0.25) is 0 Å². The topological polar surface area (TPSA) is 37.4 Å². The summed E-state index contributed by atoms with van der Waals surface area (Å²) in [6.45, 7) is 12.2. The van der Waals surface area contributed by atoms with E-state index in [1.165, 1.54) is 0 Å². The molecule has 16 heavy (non-hydrogen) atoms. The van der Waals surface area contributed by atoms with Gasteiger partial charge in [-0.25, -0.2) is 0 Å². The summed E-state index contributed by atoms with van der Waals surface area (Å²) in [5, 5.41) is 0. The Kier molecular flexibility index (Phi) is 3.08. The number of nitrogens with zero attached hydrogens (tertiary/aromatic N) is 1. The van der Waals surface area contributed by atoms with E-state index in [9.17, 15) is 9.59 Å². The third-order valence-electron chi connectivity index (χ3n) is 2.52. The Morgan fingerprint density at radius 2 is 1.75 bits per heavy atom. The number of anilines is 1. The van der Waals surface area contributed by atoms with E-state index in [0.717, 1.165) is 5.57 Å². The number of rotatable bonds is 3. The van der Waals surface area contributed by atoms with Crippen LogP contribution in [0.5, 0.6) is 0 Å². The second-order valence-corrected chi connectivity index (χ2v) is 5.45. The maximum absolute atomic E-state index is 11.6. The van der Waals surface area contributed by atoms with Crippen LogP contribution in [-0.2, 0) is 5.41 Å². The molecule has 0 spiro atoms. The molecule has 0 aliphatic rings. The molecule has 0 N–H and O–H groups in total. The fourth-order valence-corrected chi connectivity index (χ4v) is 1.92. The molecule has 3 nitrogen and oxygen atoms in total. The van der Waals surface area contributed by atoms with Gasteiger partial charge in [0.05, 0.1) is 5.69 Å². The second-order valence-electron chi connectivity index (χ2n) is 5.45. The summed E-state index contributed by atoms with van der Waals surface area (Å²) in [6.07, 6.45) is 0. The van der Waals surface area contributed by atoms with Crippen molar-refractivity contribution in [1.29, 1.82) is 0 Å². The monoisotopic (exact) mass is 221 g/mol. The first-order valence-corrected chi connectivity index (χ1v) is 5.35. The lowest BCUT2D eigenvalue weighted by atomic mass is 9.82. The largest absolute Gasteiger partial charge is 0.367 e. The van der Waals surface area contributed by atoms with Gasteiger partial charge in [0.1, 0.15) is 0 Å². The number of likely N-dealkylation sites (N-methyl/N-ethyl adjacent to an activating group) is 1. The zero-order valence-electron chi connectivity index (χ0n) is 10.7. The maximum Gasteiger partial charge on any atom is 0.249 e. The van der Waals surface area contributed by atoms with Crippen LogP contribution in [0, 0.1) is 0 Å². The molecule has 0 saturated carbocycles. The smallest absolute Gasteiger partial charge is 0.249 e. The molecule has 0 aliphatic carbocycles. The van der Waals surface area contributed by atoms with Crippen LogP contribution in [0.15, 0.2) is 21.7 Å². The van der Waals surface area contributed by atoms with Gasteiger partial charge in [-0.15, -0.1) is 0 Å². The van der Waals surface area contributed by atoms with E-state index in [1.54, 1.807) is 0 Å². The van der Waals surface area contributed by atoms with Crippen molar-refractivity contribution in [2.45, 2.75) is 33.1 Å². The predicted molar refractivity (Wildman–Crippen MR) is 68.1 cm³/mol. The molecule has 1 aromatic rings. The zero-order chi connectivity index (χ0) is 12.7. The molecule has 1 aromatic carbocycles.